The van der Waals surface area contributed by atoms with E-state index in [1.54, 1.807) is 23.1 Å². The number of rotatable bonds is 4. The highest BCUT2D eigenvalue weighted by molar-refractivity contribution is 6.02. The molecule has 1 fully saturated rings. The fourth-order valence-corrected chi connectivity index (χ4v) is 2.96. The average Bonchev–Trinajstić information content (AvgIpc) is 3.35. The Morgan fingerprint density at radius 1 is 1.20 bits per heavy atom. The molecule has 0 aliphatic carbocycles. The van der Waals surface area contributed by atoms with Crippen molar-refractivity contribution in [1.82, 2.24) is 30.1 Å². The van der Waals surface area contributed by atoms with Gasteiger partial charge in [-0.25, -0.2) is 4.68 Å². The maximum Gasteiger partial charge on any atom is 0.276 e. The van der Waals surface area contributed by atoms with E-state index in [-0.39, 0.29) is 5.91 Å². The molecule has 0 saturated carbocycles. The molecule has 1 aromatic carbocycles. The highest BCUT2D eigenvalue weighted by atomic mass is 16.1. The maximum absolute atomic E-state index is 12.4. The van der Waals surface area contributed by atoms with Crippen molar-refractivity contribution in [2.75, 3.05) is 18.4 Å². The van der Waals surface area contributed by atoms with E-state index in [2.05, 4.69) is 26.0 Å². The number of hydrogen-bond acceptors (Lipinski definition) is 5. The molecule has 1 aliphatic heterocycles. The van der Waals surface area contributed by atoms with Gasteiger partial charge in [0, 0.05) is 18.4 Å². The van der Waals surface area contributed by atoms with Crippen molar-refractivity contribution in [3.8, 4) is 5.69 Å². The van der Waals surface area contributed by atoms with Crippen molar-refractivity contribution in [3.05, 3.63) is 54.6 Å². The van der Waals surface area contributed by atoms with Crippen LogP contribution in [0.1, 0.15) is 29.4 Å². The van der Waals surface area contributed by atoms with Crippen LogP contribution in [0.3, 0.4) is 0 Å². The van der Waals surface area contributed by atoms with E-state index < -0.39 is 0 Å². The van der Waals surface area contributed by atoms with Crippen molar-refractivity contribution in [1.29, 1.82) is 0 Å². The molecule has 0 bridgehead atoms. The molecule has 2 aromatic heterocycles. The monoisotopic (exact) mass is 337 g/mol. The minimum atomic E-state index is -0.212. The normalized spacial score (nSPS) is 17.4. The second-order valence-electron chi connectivity index (χ2n) is 6.03. The van der Waals surface area contributed by atoms with E-state index in [4.69, 9.17) is 0 Å². The molecule has 1 saturated heterocycles. The van der Waals surface area contributed by atoms with Gasteiger partial charge in [-0.05, 0) is 49.7 Å². The van der Waals surface area contributed by atoms with Gasteiger partial charge in [-0.2, -0.15) is 5.10 Å². The Bertz CT molecular complexity index is 832. The second kappa shape index (κ2) is 6.86. The van der Waals surface area contributed by atoms with Crippen LogP contribution in [0.2, 0.25) is 0 Å². The van der Waals surface area contributed by atoms with Crippen molar-refractivity contribution >= 4 is 11.6 Å². The third kappa shape index (κ3) is 3.43. The summed E-state index contributed by atoms with van der Waals surface area (Å²) in [6, 6.07) is 9.48. The predicted molar refractivity (Wildman–Crippen MR) is 92.7 cm³/mol. The van der Waals surface area contributed by atoms with Gasteiger partial charge in [-0.1, -0.05) is 5.21 Å². The lowest BCUT2D eigenvalue weighted by atomic mass is 10.1. The van der Waals surface area contributed by atoms with Crippen molar-refractivity contribution in [3.63, 3.8) is 0 Å². The van der Waals surface area contributed by atoms with Gasteiger partial charge >= 0.3 is 0 Å². The quantitative estimate of drug-likeness (QED) is 0.755. The van der Waals surface area contributed by atoms with E-state index in [1.807, 2.05) is 35.1 Å². The smallest absolute Gasteiger partial charge is 0.276 e. The lowest BCUT2D eigenvalue weighted by Gasteiger charge is -2.22. The first-order valence-electron chi connectivity index (χ1n) is 8.33. The Morgan fingerprint density at radius 2 is 2.08 bits per heavy atom. The molecule has 2 N–H and O–H groups in total. The number of aromatic nitrogens is 5. The number of amides is 1. The molecule has 4 rings (SSSR count). The lowest BCUT2D eigenvalue weighted by molar-refractivity contribution is 0.102. The summed E-state index contributed by atoms with van der Waals surface area (Å²) >= 11 is 0. The predicted octanol–water partition coefficient (Wildman–Crippen LogP) is 1.64. The van der Waals surface area contributed by atoms with Crippen molar-refractivity contribution in [2.24, 2.45) is 0 Å². The van der Waals surface area contributed by atoms with Gasteiger partial charge in [-0.15, -0.1) is 5.10 Å². The van der Waals surface area contributed by atoms with Gasteiger partial charge in [0.25, 0.3) is 5.91 Å². The molecule has 3 aromatic rings. The Morgan fingerprint density at radius 3 is 2.80 bits per heavy atom. The van der Waals surface area contributed by atoms with Crippen LogP contribution in [0.5, 0.6) is 0 Å². The summed E-state index contributed by atoms with van der Waals surface area (Å²) in [6.07, 6.45) is 7.47. The third-order valence-corrected chi connectivity index (χ3v) is 4.30. The number of carbonyl (C=O) groups excluding carboxylic acids is 1. The summed E-state index contributed by atoms with van der Waals surface area (Å²) in [5, 5.41) is 18.4. The molecule has 25 heavy (non-hydrogen) atoms. The Labute approximate surface area is 144 Å². The molecular weight excluding hydrogens is 318 g/mol. The number of anilines is 1. The number of piperidine rings is 1. The lowest BCUT2D eigenvalue weighted by Crippen LogP contribution is -2.32. The van der Waals surface area contributed by atoms with Crippen LogP contribution in [-0.4, -0.2) is 43.8 Å². The number of nitrogens with zero attached hydrogens (tertiary/aromatic N) is 5. The summed E-state index contributed by atoms with van der Waals surface area (Å²) in [7, 11) is 0. The largest absolute Gasteiger partial charge is 0.321 e. The average molecular weight is 337 g/mol. The Kier molecular flexibility index (Phi) is 4.26. The third-order valence-electron chi connectivity index (χ3n) is 4.30. The zero-order valence-electron chi connectivity index (χ0n) is 13.7. The molecule has 1 atom stereocenters. The standard InChI is InChI=1S/C17H19N7O/c25-17(16-7-10-23(21-16)15-2-1-8-18-12-15)20-13-3-5-14(6-4-13)24-11-9-19-22-24/h3-7,9-11,15,18H,1-2,8,12H2,(H,20,25). The molecule has 8 heteroatoms. The summed E-state index contributed by atoms with van der Waals surface area (Å²) in [4.78, 5) is 12.4. The van der Waals surface area contributed by atoms with E-state index in [9.17, 15) is 4.79 Å². The number of carbonyl (C=O) groups is 1. The van der Waals surface area contributed by atoms with E-state index in [0.29, 0.717) is 17.4 Å². The summed E-state index contributed by atoms with van der Waals surface area (Å²) in [5.74, 6) is -0.212. The molecule has 3 heterocycles. The van der Waals surface area contributed by atoms with Gasteiger partial charge < -0.3 is 10.6 Å². The minimum Gasteiger partial charge on any atom is -0.321 e. The van der Waals surface area contributed by atoms with Gasteiger partial charge in [0.1, 0.15) is 0 Å². The van der Waals surface area contributed by atoms with Crippen LogP contribution in [0, 0.1) is 0 Å². The zero-order valence-corrected chi connectivity index (χ0v) is 13.7. The van der Waals surface area contributed by atoms with Gasteiger partial charge in [0.15, 0.2) is 5.69 Å². The SMILES string of the molecule is O=C(Nc1ccc(-n2ccnn2)cc1)c1ccn(C2CCCNC2)n1. The molecule has 0 spiro atoms. The molecule has 1 amide bonds. The van der Waals surface area contributed by atoms with Crippen LogP contribution in [0.4, 0.5) is 5.69 Å². The van der Waals surface area contributed by atoms with Gasteiger partial charge in [0.05, 0.1) is 24.1 Å². The van der Waals surface area contributed by atoms with Crippen LogP contribution >= 0.6 is 0 Å². The summed E-state index contributed by atoms with van der Waals surface area (Å²) in [5.41, 5.74) is 2.01. The zero-order chi connectivity index (χ0) is 17.1. The first kappa shape index (κ1) is 15.5. The molecule has 128 valence electrons. The highest BCUT2D eigenvalue weighted by Crippen LogP contribution is 2.17. The number of benzene rings is 1. The van der Waals surface area contributed by atoms with Crippen molar-refractivity contribution < 1.29 is 4.79 Å². The van der Waals surface area contributed by atoms with E-state index in [0.717, 1.165) is 31.6 Å². The number of hydrogen-bond donors (Lipinski definition) is 2. The molecular formula is C17H19N7O. The molecule has 8 nitrogen and oxygen atoms in total. The molecule has 1 unspecified atom stereocenters. The van der Waals surface area contributed by atoms with Crippen LogP contribution in [-0.2, 0) is 0 Å². The minimum absolute atomic E-state index is 0.212. The van der Waals surface area contributed by atoms with Gasteiger partial charge in [0.2, 0.25) is 0 Å². The van der Waals surface area contributed by atoms with Crippen LogP contribution in [0.15, 0.2) is 48.9 Å². The van der Waals surface area contributed by atoms with Crippen LogP contribution in [0.25, 0.3) is 5.69 Å². The first-order chi connectivity index (χ1) is 12.3. The first-order valence-corrected chi connectivity index (χ1v) is 8.33. The van der Waals surface area contributed by atoms with Crippen LogP contribution < -0.4 is 10.6 Å². The second-order valence-corrected chi connectivity index (χ2v) is 6.03. The Balaban J connectivity index is 1.42. The molecule has 1 aliphatic rings. The fourth-order valence-electron chi connectivity index (χ4n) is 2.96. The van der Waals surface area contributed by atoms with Crippen molar-refractivity contribution in [2.45, 2.75) is 18.9 Å². The Hall–Kier alpha value is -3.00. The maximum atomic E-state index is 12.4. The van der Waals surface area contributed by atoms with E-state index in [1.165, 1.54) is 0 Å². The fraction of sp³-hybridized carbons (Fsp3) is 0.294. The topological polar surface area (TPSA) is 89.7 Å². The summed E-state index contributed by atoms with van der Waals surface area (Å²) in [6.45, 7) is 1.95. The number of nitrogens with one attached hydrogen (secondary N) is 2. The molecule has 0 radical (unpaired) electrons. The highest BCUT2D eigenvalue weighted by Gasteiger charge is 2.17. The summed E-state index contributed by atoms with van der Waals surface area (Å²) < 4.78 is 3.54. The van der Waals surface area contributed by atoms with Gasteiger partial charge in [-0.3, -0.25) is 9.48 Å². The van der Waals surface area contributed by atoms with E-state index >= 15 is 0 Å².